The van der Waals surface area contributed by atoms with Gasteiger partial charge in [-0.1, -0.05) is 11.6 Å². The summed E-state index contributed by atoms with van der Waals surface area (Å²) in [6, 6.07) is 3.07. The zero-order chi connectivity index (χ0) is 14.8. The van der Waals surface area contributed by atoms with Crippen molar-refractivity contribution in [1.82, 2.24) is 4.72 Å². The van der Waals surface area contributed by atoms with Gasteiger partial charge in [-0.3, -0.25) is 0 Å². The summed E-state index contributed by atoms with van der Waals surface area (Å²) in [6.07, 6.45) is 0. The lowest BCUT2D eigenvalue weighted by Crippen LogP contribution is -2.40. The monoisotopic (exact) mass is 305 g/mol. The molecule has 1 aromatic carbocycles. The fraction of sp³-hybridized carbons (Fsp3) is 0.538. The van der Waals surface area contributed by atoms with Gasteiger partial charge in [-0.2, -0.15) is 0 Å². The average molecular weight is 306 g/mol. The number of ether oxygens (including phenoxy) is 1. The highest BCUT2D eigenvalue weighted by molar-refractivity contribution is 7.89. The fourth-order valence-corrected chi connectivity index (χ4v) is 3.37. The van der Waals surface area contributed by atoms with Crippen LogP contribution in [-0.2, 0) is 10.0 Å². The molecule has 0 heterocycles. The van der Waals surface area contributed by atoms with Crippen LogP contribution in [0.2, 0.25) is 5.02 Å². The molecule has 6 heteroatoms. The molecule has 0 aliphatic rings. The van der Waals surface area contributed by atoms with E-state index in [1.807, 2.05) is 0 Å². The van der Waals surface area contributed by atoms with Crippen molar-refractivity contribution in [1.29, 1.82) is 0 Å². The van der Waals surface area contributed by atoms with Gasteiger partial charge in [0.25, 0.3) is 0 Å². The number of nitrogens with one attached hydrogen (secondary N) is 1. The third-order valence-corrected chi connectivity index (χ3v) is 4.44. The third-order valence-electron chi connectivity index (χ3n) is 2.25. The lowest BCUT2D eigenvalue weighted by Gasteiger charge is -2.22. The molecular formula is C13H20ClNO3S. The molecule has 0 amide bonds. The number of rotatable bonds is 4. The molecule has 0 radical (unpaired) electrons. The second kappa shape index (κ2) is 5.69. The van der Waals surface area contributed by atoms with Crippen LogP contribution in [0.15, 0.2) is 17.0 Å². The van der Waals surface area contributed by atoms with Crippen molar-refractivity contribution in [2.45, 2.75) is 45.1 Å². The van der Waals surface area contributed by atoms with Gasteiger partial charge < -0.3 is 4.74 Å². The molecular weight excluding hydrogens is 286 g/mol. The van der Waals surface area contributed by atoms with E-state index in [2.05, 4.69) is 4.72 Å². The summed E-state index contributed by atoms with van der Waals surface area (Å²) in [5, 5.41) is 0.401. The smallest absolute Gasteiger partial charge is 0.244 e. The largest absolute Gasteiger partial charge is 0.492 e. The first-order valence-corrected chi connectivity index (χ1v) is 7.90. The zero-order valence-electron chi connectivity index (χ0n) is 11.9. The molecule has 0 spiro atoms. The minimum Gasteiger partial charge on any atom is -0.492 e. The van der Waals surface area contributed by atoms with E-state index in [4.69, 9.17) is 16.3 Å². The Labute approximate surface area is 120 Å². The summed E-state index contributed by atoms with van der Waals surface area (Å²) in [4.78, 5) is 0.0693. The summed E-state index contributed by atoms with van der Waals surface area (Å²) >= 11 is 6.02. The predicted molar refractivity (Wildman–Crippen MR) is 77.4 cm³/mol. The Morgan fingerprint density at radius 3 is 2.37 bits per heavy atom. The van der Waals surface area contributed by atoms with Crippen LogP contribution in [0.3, 0.4) is 0 Å². The van der Waals surface area contributed by atoms with Crippen LogP contribution in [0.4, 0.5) is 0 Å². The van der Waals surface area contributed by atoms with E-state index >= 15 is 0 Å². The van der Waals surface area contributed by atoms with Crippen molar-refractivity contribution in [2.75, 3.05) is 6.61 Å². The van der Waals surface area contributed by atoms with E-state index < -0.39 is 15.6 Å². The number of hydrogen-bond donors (Lipinski definition) is 1. The summed E-state index contributed by atoms with van der Waals surface area (Å²) in [5.41, 5.74) is 0.208. The van der Waals surface area contributed by atoms with Gasteiger partial charge in [-0.25, -0.2) is 13.1 Å². The fourth-order valence-electron chi connectivity index (χ4n) is 1.57. The van der Waals surface area contributed by atoms with E-state index in [9.17, 15) is 8.42 Å². The third kappa shape index (κ3) is 4.37. The summed E-state index contributed by atoms with van der Waals surface area (Å²) in [5.74, 6) is 0.321. The van der Waals surface area contributed by atoms with Crippen LogP contribution in [-0.4, -0.2) is 20.6 Å². The molecule has 1 N–H and O–H groups in total. The lowest BCUT2D eigenvalue weighted by molar-refractivity contribution is 0.330. The van der Waals surface area contributed by atoms with Crippen LogP contribution in [0.5, 0.6) is 5.75 Å². The highest BCUT2D eigenvalue weighted by Gasteiger charge is 2.26. The molecule has 0 saturated carbocycles. The first-order valence-electron chi connectivity index (χ1n) is 6.04. The van der Waals surface area contributed by atoms with Crippen molar-refractivity contribution in [3.05, 3.63) is 22.7 Å². The molecule has 1 rings (SSSR count). The van der Waals surface area contributed by atoms with Gasteiger partial charge in [0.1, 0.15) is 10.6 Å². The minimum atomic E-state index is -3.67. The van der Waals surface area contributed by atoms with Gasteiger partial charge in [-0.15, -0.1) is 0 Å². The molecule has 4 nitrogen and oxygen atoms in total. The van der Waals surface area contributed by atoms with Crippen molar-refractivity contribution in [2.24, 2.45) is 0 Å². The Morgan fingerprint density at radius 2 is 1.89 bits per heavy atom. The maximum absolute atomic E-state index is 12.4. The van der Waals surface area contributed by atoms with Crippen LogP contribution >= 0.6 is 11.6 Å². The van der Waals surface area contributed by atoms with Gasteiger partial charge in [0.05, 0.1) is 6.61 Å². The molecule has 0 saturated heterocycles. The molecule has 0 unspecified atom stereocenters. The molecule has 0 aliphatic carbocycles. The lowest BCUT2D eigenvalue weighted by atomic mass is 10.1. The molecule has 1 aromatic rings. The second-order valence-electron chi connectivity index (χ2n) is 5.34. The molecule has 0 atom stereocenters. The van der Waals surface area contributed by atoms with Crippen LogP contribution < -0.4 is 9.46 Å². The second-order valence-corrected chi connectivity index (χ2v) is 7.39. The van der Waals surface area contributed by atoms with E-state index in [1.54, 1.807) is 40.7 Å². The number of sulfonamides is 1. The van der Waals surface area contributed by atoms with Gasteiger partial charge >= 0.3 is 0 Å². The Hall–Kier alpha value is -0.780. The number of hydrogen-bond acceptors (Lipinski definition) is 3. The Morgan fingerprint density at radius 1 is 1.32 bits per heavy atom. The van der Waals surface area contributed by atoms with Gasteiger partial charge in [-0.05, 0) is 52.3 Å². The minimum absolute atomic E-state index is 0.0693. The molecule has 0 fully saturated rings. The first kappa shape index (κ1) is 16.3. The van der Waals surface area contributed by atoms with Gasteiger partial charge in [0, 0.05) is 10.6 Å². The summed E-state index contributed by atoms with van der Waals surface area (Å²) in [7, 11) is -3.67. The predicted octanol–water partition coefficient (Wildman–Crippen LogP) is 3.12. The zero-order valence-corrected chi connectivity index (χ0v) is 13.4. The van der Waals surface area contributed by atoms with Crippen LogP contribution in [0.25, 0.3) is 0 Å². The number of benzene rings is 1. The standard InChI is InChI=1S/C13H20ClNO3S/c1-6-18-11-7-9(2)10(14)8-12(11)19(16,17)15-13(3,4)5/h7-8,15H,6H2,1-5H3. The Balaban J connectivity index is 3.36. The van der Waals surface area contributed by atoms with Crippen molar-refractivity contribution >= 4 is 21.6 Å². The topological polar surface area (TPSA) is 55.4 Å². The number of halogens is 1. The summed E-state index contributed by atoms with van der Waals surface area (Å²) < 4.78 is 32.7. The SMILES string of the molecule is CCOc1cc(C)c(Cl)cc1S(=O)(=O)NC(C)(C)C. The average Bonchev–Trinajstić information content (AvgIpc) is 2.19. The molecule has 0 bridgehead atoms. The van der Waals surface area contributed by atoms with Gasteiger partial charge in [0.15, 0.2) is 0 Å². The number of aryl methyl sites for hydroxylation is 1. The molecule has 108 valence electrons. The maximum Gasteiger partial charge on any atom is 0.244 e. The van der Waals surface area contributed by atoms with Crippen LogP contribution in [0, 0.1) is 6.92 Å². The first-order chi connectivity index (χ1) is 8.57. The molecule has 0 aliphatic heterocycles. The van der Waals surface area contributed by atoms with E-state index in [-0.39, 0.29) is 4.90 Å². The normalized spacial score (nSPS) is 12.5. The highest BCUT2D eigenvalue weighted by atomic mass is 35.5. The quantitative estimate of drug-likeness (QED) is 0.930. The Bertz CT molecular complexity index is 562. The molecule has 0 aromatic heterocycles. The van der Waals surface area contributed by atoms with Crippen molar-refractivity contribution in [3.8, 4) is 5.75 Å². The Kier molecular flexibility index (Phi) is 4.87. The molecule has 19 heavy (non-hydrogen) atoms. The summed E-state index contributed by atoms with van der Waals surface area (Å²) in [6.45, 7) is 9.33. The van der Waals surface area contributed by atoms with Crippen LogP contribution in [0.1, 0.15) is 33.3 Å². The highest BCUT2D eigenvalue weighted by Crippen LogP contribution is 2.30. The van der Waals surface area contributed by atoms with E-state index in [1.165, 1.54) is 6.07 Å². The van der Waals surface area contributed by atoms with E-state index in [0.29, 0.717) is 17.4 Å². The maximum atomic E-state index is 12.4. The van der Waals surface area contributed by atoms with Crippen molar-refractivity contribution in [3.63, 3.8) is 0 Å². The van der Waals surface area contributed by atoms with E-state index in [0.717, 1.165) is 5.56 Å². The van der Waals surface area contributed by atoms with Crippen molar-refractivity contribution < 1.29 is 13.2 Å². The van der Waals surface area contributed by atoms with Gasteiger partial charge in [0.2, 0.25) is 10.0 Å².